The summed E-state index contributed by atoms with van der Waals surface area (Å²) in [5.74, 6) is -0.370. The number of H-pyrrole nitrogens is 1. The van der Waals surface area contributed by atoms with Crippen LogP contribution in [0.4, 0.5) is 0 Å². The Morgan fingerprint density at radius 2 is 1.91 bits per heavy atom. The third kappa shape index (κ3) is 4.13. The highest BCUT2D eigenvalue weighted by molar-refractivity contribution is 6.02. The first kappa shape index (κ1) is 20.7. The van der Waals surface area contributed by atoms with Crippen molar-refractivity contribution in [1.82, 2.24) is 20.3 Å². The molecule has 6 heteroatoms. The second-order valence-corrected chi connectivity index (χ2v) is 8.37. The quantitative estimate of drug-likeness (QED) is 0.337. The molecule has 0 saturated heterocycles. The van der Waals surface area contributed by atoms with Crippen molar-refractivity contribution in [3.05, 3.63) is 89.9 Å². The number of nitrogens with one attached hydrogen (secondary N) is 2. The average molecular weight is 434 g/mol. The van der Waals surface area contributed by atoms with Crippen LogP contribution in [0.3, 0.4) is 0 Å². The molecule has 1 saturated carbocycles. The molecule has 1 amide bonds. The van der Waals surface area contributed by atoms with E-state index in [1.165, 1.54) is 0 Å². The van der Waals surface area contributed by atoms with E-state index < -0.39 is 5.54 Å². The molecule has 33 heavy (non-hydrogen) atoms. The van der Waals surface area contributed by atoms with E-state index >= 15 is 0 Å². The predicted octanol–water partition coefficient (Wildman–Crippen LogP) is 5.12. The lowest BCUT2D eigenvalue weighted by atomic mass is 9.88. The molecule has 1 aliphatic rings. The fraction of sp³-hybridized carbons (Fsp3) is 0.185. The van der Waals surface area contributed by atoms with Crippen molar-refractivity contribution >= 4 is 23.0 Å². The highest BCUT2D eigenvalue weighted by Crippen LogP contribution is 2.38. The minimum Gasteiger partial charge on any atom is -0.346 e. The normalized spacial score (nSPS) is 15.3. The van der Waals surface area contributed by atoms with Crippen molar-refractivity contribution in [3.63, 3.8) is 0 Å². The average Bonchev–Trinajstić information content (AvgIpc) is 3.53. The Balaban J connectivity index is 1.42. The van der Waals surface area contributed by atoms with E-state index in [2.05, 4.69) is 26.3 Å². The second-order valence-electron chi connectivity index (χ2n) is 8.37. The number of nitrogens with zero attached hydrogens (tertiary/aromatic N) is 3. The first-order valence-corrected chi connectivity index (χ1v) is 11.1. The Hall–Kier alpha value is -4.24. The van der Waals surface area contributed by atoms with Crippen LogP contribution in [0.2, 0.25) is 0 Å². The van der Waals surface area contributed by atoms with Gasteiger partial charge in [0.05, 0.1) is 16.9 Å². The van der Waals surface area contributed by atoms with E-state index in [0.717, 1.165) is 53.5 Å². The lowest BCUT2D eigenvalue weighted by Crippen LogP contribution is -2.44. The Morgan fingerprint density at radius 3 is 2.70 bits per heavy atom. The molecular formula is C27H23N5O. The van der Waals surface area contributed by atoms with E-state index in [1.807, 2.05) is 60.8 Å². The van der Waals surface area contributed by atoms with Crippen LogP contribution in [0.15, 0.2) is 78.6 Å². The van der Waals surface area contributed by atoms with Crippen molar-refractivity contribution in [2.24, 2.45) is 0 Å². The standard InChI is InChI=1S/C27H23N5O/c28-17-20(26(33)32-27(12-4-5-13-27)22-7-2-1-3-8-22)16-23-9-6-10-24(31-23)21-15-19-11-14-29-25(19)30-18-21/h1-3,6-11,14-16,18H,4-5,12-13H2,(H,29,30)(H,32,33). The minimum atomic E-state index is -0.429. The molecule has 0 spiro atoms. The Kier molecular flexibility index (Phi) is 5.45. The van der Waals surface area contributed by atoms with Crippen LogP contribution < -0.4 is 5.32 Å². The lowest BCUT2D eigenvalue weighted by Gasteiger charge is -2.31. The maximum atomic E-state index is 13.1. The third-order valence-electron chi connectivity index (χ3n) is 6.26. The number of carbonyl (C=O) groups is 1. The SMILES string of the molecule is N#CC(=Cc1cccc(-c2cnc3[nH]ccc3c2)n1)C(=O)NC1(c2ccccc2)CCCC1. The number of aromatic nitrogens is 3. The zero-order valence-corrected chi connectivity index (χ0v) is 18.1. The zero-order valence-electron chi connectivity index (χ0n) is 18.1. The van der Waals surface area contributed by atoms with Gasteiger partial charge in [0.2, 0.25) is 0 Å². The number of benzene rings is 1. The van der Waals surface area contributed by atoms with Gasteiger partial charge < -0.3 is 10.3 Å². The van der Waals surface area contributed by atoms with Gasteiger partial charge in [-0.15, -0.1) is 0 Å². The molecule has 5 rings (SSSR count). The van der Waals surface area contributed by atoms with Crippen LogP contribution in [0.1, 0.15) is 36.9 Å². The van der Waals surface area contributed by atoms with Gasteiger partial charge in [0.25, 0.3) is 5.91 Å². The number of carbonyl (C=O) groups excluding carboxylic acids is 1. The molecule has 0 aliphatic heterocycles. The fourth-order valence-electron chi connectivity index (χ4n) is 4.58. The molecule has 6 nitrogen and oxygen atoms in total. The molecule has 0 unspecified atom stereocenters. The van der Waals surface area contributed by atoms with E-state index in [0.29, 0.717) is 5.69 Å². The van der Waals surface area contributed by atoms with Crippen LogP contribution in [-0.2, 0) is 10.3 Å². The Labute approximate surface area is 192 Å². The molecule has 1 aromatic carbocycles. The number of rotatable bonds is 5. The van der Waals surface area contributed by atoms with E-state index in [4.69, 9.17) is 0 Å². The largest absolute Gasteiger partial charge is 0.346 e. The maximum Gasteiger partial charge on any atom is 0.262 e. The molecule has 1 fully saturated rings. The van der Waals surface area contributed by atoms with Gasteiger partial charge in [0.1, 0.15) is 17.3 Å². The summed E-state index contributed by atoms with van der Waals surface area (Å²) >= 11 is 0. The Bertz CT molecular complexity index is 1370. The number of amides is 1. The highest BCUT2D eigenvalue weighted by atomic mass is 16.1. The van der Waals surface area contributed by atoms with Crippen LogP contribution in [0.5, 0.6) is 0 Å². The summed E-state index contributed by atoms with van der Waals surface area (Å²) in [6.45, 7) is 0. The van der Waals surface area contributed by atoms with Crippen LogP contribution in [0, 0.1) is 11.3 Å². The second kappa shape index (κ2) is 8.71. The predicted molar refractivity (Wildman–Crippen MR) is 128 cm³/mol. The van der Waals surface area contributed by atoms with Gasteiger partial charge in [-0.3, -0.25) is 4.79 Å². The monoisotopic (exact) mass is 433 g/mol. The number of hydrogen-bond acceptors (Lipinski definition) is 4. The zero-order chi connectivity index (χ0) is 22.7. The van der Waals surface area contributed by atoms with Crippen molar-refractivity contribution in [2.75, 3.05) is 0 Å². The summed E-state index contributed by atoms with van der Waals surface area (Å²) in [5, 5.41) is 13.9. The smallest absolute Gasteiger partial charge is 0.262 e. The molecule has 2 N–H and O–H groups in total. The Morgan fingerprint density at radius 1 is 1.09 bits per heavy atom. The van der Waals surface area contributed by atoms with Crippen molar-refractivity contribution in [2.45, 2.75) is 31.2 Å². The number of nitriles is 1. The molecule has 3 heterocycles. The van der Waals surface area contributed by atoms with Crippen molar-refractivity contribution in [3.8, 4) is 17.3 Å². The molecular weight excluding hydrogens is 410 g/mol. The topological polar surface area (TPSA) is 94.5 Å². The van der Waals surface area contributed by atoms with Gasteiger partial charge in [-0.05, 0) is 48.7 Å². The van der Waals surface area contributed by atoms with Gasteiger partial charge in [-0.1, -0.05) is 49.2 Å². The lowest BCUT2D eigenvalue weighted by molar-refractivity contribution is -0.119. The van der Waals surface area contributed by atoms with Crippen molar-refractivity contribution in [1.29, 1.82) is 5.26 Å². The summed E-state index contributed by atoms with van der Waals surface area (Å²) in [6.07, 6.45) is 8.98. The molecule has 1 aliphatic carbocycles. The van der Waals surface area contributed by atoms with Crippen LogP contribution >= 0.6 is 0 Å². The summed E-state index contributed by atoms with van der Waals surface area (Å²) < 4.78 is 0. The van der Waals surface area contributed by atoms with Crippen LogP contribution in [0.25, 0.3) is 28.4 Å². The molecule has 3 aromatic heterocycles. The summed E-state index contributed by atoms with van der Waals surface area (Å²) in [6, 6.07) is 21.6. The third-order valence-corrected chi connectivity index (χ3v) is 6.26. The molecule has 0 bridgehead atoms. The summed E-state index contributed by atoms with van der Waals surface area (Å²) in [7, 11) is 0. The number of pyridine rings is 2. The van der Waals surface area contributed by atoms with Crippen molar-refractivity contribution < 1.29 is 4.79 Å². The molecule has 0 atom stereocenters. The van der Waals surface area contributed by atoms with E-state index in [9.17, 15) is 10.1 Å². The number of aromatic amines is 1. The van der Waals surface area contributed by atoms with Gasteiger partial charge in [0, 0.05) is 23.3 Å². The van der Waals surface area contributed by atoms with E-state index in [-0.39, 0.29) is 11.5 Å². The molecule has 4 aromatic rings. The van der Waals surface area contributed by atoms with Gasteiger partial charge in [-0.25, -0.2) is 9.97 Å². The van der Waals surface area contributed by atoms with E-state index in [1.54, 1.807) is 18.3 Å². The minimum absolute atomic E-state index is 0.0427. The maximum absolute atomic E-state index is 13.1. The molecule has 162 valence electrons. The summed E-state index contributed by atoms with van der Waals surface area (Å²) in [4.78, 5) is 25.3. The van der Waals surface area contributed by atoms with Gasteiger partial charge in [-0.2, -0.15) is 5.26 Å². The summed E-state index contributed by atoms with van der Waals surface area (Å²) in [5.41, 5.74) is 3.66. The number of hydrogen-bond donors (Lipinski definition) is 2. The number of fused-ring (bicyclic) bond motifs is 1. The first-order valence-electron chi connectivity index (χ1n) is 11.1. The fourth-order valence-corrected chi connectivity index (χ4v) is 4.58. The molecule has 0 radical (unpaired) electrons. The highest BCUT2D eigenvalue weighted by Gasteiger charge is 2.37. The van der Waals surface area contributed by atoms with Crippen LogP contribution in [-0.4, -0.2) is 20.9 Å². The van der Waals surface area contributed by atoms with Gasteiger partial charge in [0.15, 0.2) is 0 Å². The first-order chi connectivity index (χ1) is 16.2. The van der Waals surface area contributed by atoms with Gasteiger partial charge >= 0.3 is 0 Å².